The molecule has 2 fully saturated rings. The first-order valence-electron chi connectivity index (χ1n) is 8.93. The Labute approximate surface area is 133 Å². The van der Waals surface area contributed by atoms with E-state index in [4.69, 9.17) is 9.47 Å². The summed E-state index contributed by atoms with van der Waals surface area (Å²) in [5.41, 5.74) is -0.0347. The van der Waals surface area contributed by atoms with Crippen molar-refractivity contribution in [3.63, 3.8) is 0 Å². The third-order valence-electron chi connectivity index (χ3n) is 5.56. The third kappa shape index (κ3) is 3.39. The van der Waals surface area contributed by atoms with Gasteiger partial charge in [0.05, 0.1) is 19.1 Å². The number of carbonyl (C=O) groups is 1. The lowest BCUT2D eigenvalue weighted by Crippen LogP contribution is -2.37. The first-order chi connectivity index (χ1) is 10.7. The Kier molecular flexibility index (Phi) is 4.90. The van der Waals surface area contributed by atoms with Crippen LogP contribution in [0.1, 0.15) is 64.7 Å². The SMILES string of the molecule is CCOC(=O)CC1(C2CCC2)C=CC(OC2CCCC2)=CC1. The second kappa shape index (κ2) is 6.89. The topological polar surface area (TPSA) is 35.5 Å². The fraction of sp³-hybridized carbons (Fsp3) is 0.737. The van der Waals surface area contributed by atoms with Crippen LogP contribution in [0.3, 0.4) is 0 Å². The smallest absolute Gasteiger partial charge is 0.306 e. The molecule has 0 aromatic carbocycles. The van der Waals surface area contributed by atoms with Crippen LogP contribution < -0.4 is 0 Å². The number of esters is 1. The van der Waals surface area contributed by atoms with E-state index in [2.05, 4.69) is 18.2 Å². The first-order valence-corrected chi connectivity index (χ1v) is 8.93. The summed E-state index contributed by atoms with van der Waals surface area (Å²) in [5.74, 6) is 1.57. The maximum absolute atomic E-state index is 12.0. The monoisotopic (exact) mass is 304 g/mol. The number of allylic oxidation sites excluding steroid dienone is 3. The van der Waals surface area contributed by atoms with Gasteiger partial charge in [-0.1, -0.05) is 12.5 Å². The molecule has 3 rings (SSSR count). The summed E-state index contributed by atoms with van der Waals surface area (Å²) in [6.07, 6.45) is 17.1. The van der Waals surface area contributed by atoms with E-state index in [0.717, 1.165) is 12.2 Å². The predicted octanol–water partition coefficient (Wildman–Crippen LogP) is 4.53. The summed E-state index contributed by atoms with van der Waals surface area (Å²) in [5, 5.41) is 0. The summed E-state index contributed by atoms with van der Waals surface area (Å²) < 4.78 is 11.3. The average Bonchev–Trinajstić information content (AvgIpc) is 2.92. The van der Waals surface area contributed by atoms with E-state index in [9.17, 15) is 4.79 Å². The van der Waals surface area contributed by atoms with Crippen LogP contribution in [0.2, 0.25) is 0 Å². The molecule has 1 atom stereocenters. The molecule has 122 valence electrons. The molecule has 0 amide bonds. The first kappa shape index (κ1) is 15.6. The number of hydrogen-bond acceptors (Lipinski definition) is 3. The molecule has 3 nitrogen and oxygen atoms in total. The zero-order chi connectivity index (χ0) is 15.4. The Morgan fingerprint density at radius 1 is 1.23 bits per heavy atom. The molecule has 3 aliphatic rings. The Hall–Kier alpha value is -1.25. The quantitative estimate of drug-likeness (QED) is 0.676. The van der Waals surface area contributed by atoms with E-state index in [1.54, 1.807) is 0 Å². The van der Waals surface area contributed by atoms with Crippen molar-refractivity contribution < 1.29 is 14.3 Å². The Balaban J connectivity index is 1.63. The summed E-state index contributed by atoms with van der Waals surface area (Å²) in [7, 11) is 0. The summed E-state index contributed by atoms with van der Waals surface area (Å²) in [4.78, 5) is 12.0. The maximum Gasteiger partial charge on any atom is 0.306 e. The number of ether oxygens (including phenoxy) is 2. The highest BCUT2D eigenvalue weighted by molar-refractivity contribution is 5.71. The van der Waals surface area contributed by atoms with E-state index in [1.165, 1.54) is 44.9 Å². The normalized spacial score (nSPS) is 29.0. The molecule has 22 heavy (non-hydrogen) atoms. The number of carbonyl (C=O) groups excluding carboxylic acids is 1. The molecule has 2 saturated carbocycles. The fourth-order valence-electron chi connectivity index (χ4n) is 4.00. The second-order valence-electron chi connectivity index (χ2n) is 7.01. The van der Waals surface area contributed by atoms with Gasteiger partial charge >= 0.3 is 5.97 Å². The van der Waals surface area contributed by atoms with Crippen molar-refractivity contribution in [3.05, 3.63) is 24.0 Å². The third-order valence-corrected chi connectivity index (χ3v) is 5.56. The molecule has 0 aromatic heterocycles. The number of rotatable bonds is 6. The van der Waals surface area contributed by atoms with Crippen LogP contribution >= 0.6 is 0 Å². The van der Waals surface area contributed by atoms with Crippen LogP contribution in [0.4, 0.5) is 0 Å². The highest BCUT2D eigenvalue weighted by atomic mass is 16.5. The zero-order valence-corrected chi connectivity index (χ0v) is 13.7. The summed E-state index contributed by atoms with van der Waals surface area (Å²) in [6.45, 7) is 2.34. The Morgan fingerprint density at radius 3 is 2.55 bits per heavy atom. The molecular weight excluding hydrogens is 276 g/mol. The van der Waals surface area contributed by atoms with Crippen molar-refractivity contribution in [1.82, 2.24) is 0 Å². The van der Waals surface area contributed by atoms with Gasteiger partial charge in [0.2, 0.25) is 0 Å². The molecule has 1 unspecified atom stereocenters. The van der Waals surface area contributed by atoms with Crippen molar-refractivity contribution in [2.75, 3.05) is 6.61 Å². The lowest BCUT2D eigenvalue weighted by atomic mass is 9.61. The molecule has 0 aliphatic heterocycles. The van der Waals surface area contributed by atoms with E-state index in [0.29, 0.717) is 25.0 Å². The largest absolute Gasteiger partial charge is 0.491 e. The van der Waals surface area contributed by atoms with Crippen molar-refractivity contribution >= 4 is 5.97 Å². The maximum atomic E-state index is 12.0. The van der Waals surface area contributed by atoms with Gasteiger partial charge in [-0.3, -0.25) is 4.79 Å². The molecule has 3 aliphatic carbocycles. The highest BCUT2D eigenvalue weighted by Crippen LogP contribution is 2.50. The minimum Gasteiger partial charge on any atom is -0.491 e. The van der Waals surface area contributed by atoms with Crippen LogP contribution in [-0.2, 0) is 14.3 Å². The van der Waals surface area contributed by atoms with Gasteiger partial charge < -0.3 is 9.47 Å². The number of hydrogen-bond donors (Lipinski definition) is 0. The molecule has 0 aromatic rings. The fourth-order valence-corrected chi connectivity index (χ4v) is 4.00. The predicted molar refractivity (Wildman–Crippen MR) is 86.2 cm³/mol. The molecular formula is C19H28O3. The molecule has 3 heteroatoms. The molecule has 0 radical (unpaired) electrons. The van der Waals surface area contributed by atoms with E-state index < -0.39 is 0 Å². The highest BCUT2D eigenvalue weighted by Gasteiger charge is 2.42. The van der Waals surface area contributed by atoms with Gasteiger partial charge in [0.25, 0.3) is 0 Å². The van der Waals surface area contributed by atoms with Gasteiger partial charge in [0, 0.05) is 5.41 Å². The van der Waals surface area contributed by atoms with E-state index in [1.807, 2.05) is 6.92 Å². The molecule has 0 heterocycles. The minimum absolute atomic E-state index is 0.0347. The lowest BCUT2D eigenvalue weighted by molar-refractivity contribution is -0.146. The van der Waals surface area contributed by atoms with Crippen LogP contribution in [0.15, 0.2) is 24.0 Å². The van der Waals surface area contributed by atoms with Crippen LogP contribution in [0.25, 0.3) is 0 Å². The summed E-state index contributed by atoms with van der Waals surface area (Å²) >= 11 is 0. The molecule has 0 spiro atoms. The summed E-state index contributed by atoms with van der Waals surface area (Å²) in [6, 6.07) is 0. The van der Waals surface area contributed by atoms with Gasteiger partial charge in [-0.05, 0) is 69.9 Å². The molecule has 0 saturated heterocycles. The van der Waals surface area contributed by atoms with Gasteiger partial charge in [0.1, 0.15) is 5.76 Å². The minimum atomic E-state index is -0.0624. The lowest BCUT2D eigenvalue weighted by Gasteiger charge is -2.44. The van der Waals surface area contributed by atoms with Gasteiger partial charge in [0.15, 0.2) is 0 Å². The van der Waals surface area contributed by atoms with Crippen molar-refractivity contribution in [2.45, 2.75) is 70.8 Å². The van der Waals surface area contributed by atoms with Gasteiger partial charge in [-0.2, -0.15) is 0 Å². The van der Waals surface area contributed by atoms with E-state index in [-0.39, 0.29) is 11.4 Å². The average molecular weight is 304 g/mol. The van der Waals surface area contributed by atoms with Crippen molar-refractivity contribution in [1.29, 1.82) is 0 Å². The van der Waals surface area contributed by atoms with E-state index >= 15 is 0 Å². The van der Waals surface area contributed by atoms with Crippen molar-refractivity contribution in [2.24, 2.45) is 11.3 Å². The van der Waals surface area contributed by atoms with Crippen LogP contribution in [0, 0.1) is 11.3 Å². The molecule has 0 bridgehead atoms. The standard InChI is InChI=1S/C19H28O3/c1-2-21-18(20)14-19(15-6-5-7-15)12-10-17(11-13-19)22-16-8-3-4-9-16/h10-12,15-16H,2-9,13-14H2,1H3. The van der Waals surface area contributed by atoms with Gasteiger partial charge in [-0.25, -0.2) is 0 Å². The van der Waals surface area contributed by atoms with Crippen LogP contribution in [0.5, 0.6) is 0 Å². The Bertz CT molecular complexity index is 455. The second-order valence-corrected chi connectivity index (χ2v) is 7.01. The van der Waals surface area contributed by atoms with Crippen LogP contribution in [-0.4, -0.2) is 18.7 Å². The van der Waals surface area contributed by atoms with Gasteiger partial charge in [-0.15, -0.1) is 0 Å². The zero-order valence-electron chi connectivity index (χ0n) is 13.7. The Morgan fingerprint density at radius 2 is 2.00 bits per heavy atom. The van der Waals surface area contributed by atoms with Crippen molar-refractivity contribution in [3.8, 4) is 0 Å². The molecule has 0 N–H and O–H groups in total.